The highest BCUT2D eigenvalue weighted by Gasteiger charge is 2.03. The number of benzene rings is 2. The largest absolute Gasteiger partial charge is 0.380 e. The number of anilines is 1. The van der Waals surface area contributed by atoms with E-state index in [1.807, 2.05) is 48.7 Å². The van der Waals surface area contributed by atoms with Gasteiger partial charge in [0, 0.05) is 36.1 Å². The second-order valence-corrected chi connectivity index (χ2v) is 5.26. The molecule has 24 heavy (non-hydrogen) atoms. The van der Waals surface area contributed by atoms with Crippen LogP contribution in [0.25, 0.3) is 16.8 Å². The van der Waals surface area contributed by atoms with Crippen LogP contribution in [-0.4, -0.2) is 16.1 Å². The Morgan fingerprint density at radius 1 is 1.12 bits per heavy atom. The number of amides is 1. The second-order valence-electron chi connectivity index (χ2n) is 5.26. The second kappa shape index (κ2) is 7.39. The summed E-state index contributed by atoms with van der Waals surface area (Å²) in [6.07, 6.45) is 6.57. The smallest absolute Gasteiger partial charge is 0.267 e. The first kappa shape index (κ1) is 15.7. The van der Waals surface area contributed by atoms with E-state index in [1.54, 1.807) is 17.8 Å². The summed E-state index contributed by atoms with van der Waals surface area (Å²) in [6.45, 7) is 0.651. The summed E-state index contributed by atoms with van der Waals surface area (Å²) in [5.41, 5.74) is 4.52. The normalized spacial score (nSPS) is 10.9. The van der Waals surface area contributed by atoms with Gasteiger partial charge in [-0.3, -0.25) is 15.0 Å². The minimum atomic E-state index is -0.564. The molecular formula is C19H17N3O2. The molecule has 0 spiro atoms. The predicted octanol–water partition coefficient (Wildman–Crippen LogP) is 3.37. The summed E-state index contributed by atoms with van der Waals surface area (Å²) in [7, 11) is 0. The summed E-state index contributed by atoms with van der Waals surface area (Å²) in [5, 5.41) is 14.2. The first-order chi connectivity index (χ1) is 11.8. The number of hydrogen-bond acceptors (Lipinski definition) is 4. The lowest BCUT2D eigenvalue weighted by atomic mass is 10.1. The summed E-state index contributed by atoms with van der Waals surface area (Å²) in [5.74, 6) is -0.564. The Bertz CT molecular complexity index is 885. The molecule has 0 fully saturated rings. The zero-order valence-corrected chi connectivity index (χ0v) is 12.9. The maximum atomic E-state index is 11.1. The van der Waals surface area contributed by atoms with Crippen LogP contribution in [0, 0.1) is 0 Å². The van der Waals surface area contributed by atoms with E-state index in [0.717, 1.165) is 22.0 Å². The fourth-order valence-electron chi connectivity index (χ4n) is 2.54. The van der Waals surface area contributed by atoms with Crippen molar-refractivity contribution in [3.8, 4) is 0 Å². The fourth-order valence-corrected chi connectivity index (χ4v) is 2.54. The van der Waals surface area contributed by atoms with Crippen molar-refractivity contribution in [3.63, 3.8) is 0 Å². The highest BCUT2D eigenvalue weighted by molar-refractivity contribution is 5.92. The van der Waals surface area contributed by atoms with Gasteiger partial charge in [0.1, 0.15) is 0 Å². The Morgan fingerprint density at radius 2 is 2.00 bits per heavy atom. The lowest BCUT2D eigenvalue weighted by Crippen LogP contribution is -2.14. The van der Waals surface area contributed by atoms with Crippen molar-refractivity contribution in [1.29, 1.82) is 0 Å². The Balaban J connectivity index is 1.82. The average molecular weight is 319 g/mol. The van der Waals surface area contributed by atoms with Crippen LogP contribution in [0.3, 0.4) is 0 Å². The molecule has 3 N–H and O–H groups in total. The number of hydroxylamine groups is 1. The van der Waals surface area contributed by atoms with E-state index >= 15 is 0 Å². The molecule has 5 heteroatoms. The van der Waals surface area contributed by atoms with Gasteiger partial charge in [-0.25, -0.2) is 5.48 Å². The van der Waals surface area contributed by atoms with Gasteiger partial charge < -0.3 is 5.32 Å². The van der Waals surface area contributed by atoms with E-state index in [1.165, 1.54) is 11.6 Å². The molecule has 1 heterocycles. The Morgan fingerprint density at radius 3 is 2.88 bits per heavy atom. The molecule has 2 aromatic carbocycles. The first-order valence-electron chi connectivity index (χ1n) is 7.54. The van der Waals surface area contributed by atoms with E-state index in [4.69, 9.17) is 5.21 Å². The number of hydrogen-bond donors (Lipinski definition) is 3. The topological polar surface area (TPSA) is 74.2 Å². The quantitative estimate of drug-likeness (QED) is 0.383. The summed E-state index contributed by atoms with van der Waals surface area (Å²) in [4.78, 5) is 15.3. The van der Waals surface area contributed by atoms with E-state index in [2.05, 4.69) is 16.4 Å². The van der Waals surface area contributed by atoms with Gasteiger partial charge in [0.25, 0.3) is 5.91 Å². The van der Waals surface area contributed by atoms with Crippen molar-refractivity contribution in [2.45, 2.75) is 6.54 Å². The summed E-state index contributed by atoms with van der Waals surface area (Å²) >= 11 is 0. The Kier molecular flexibility index (Phi) is 4.84. The molecule has 120 valence electrons. The standard InChI is InChI=1S/C19H17N3O2/c23-19(22-24)9-8-14-4-1-2-7-18(14)21-13-16-6-3-5-15-12-20-11-10-17(15)16/h1-12,21,24H,13H2,(H,22,23)/b9-8+. The molecule has 0 saturated carbocycles. The third kappa shape index (κ3) is 3.59. The maximum Gasteiger partial charge on any atom is 0.267 e. The average Bonchev–Trinajstić information content (AvgIpc) is 2.65. The van der Waals surface area contributed by atoms with Gasteiger partial charge in [-0.15, -0.1) is 0 Å². The van der Waals surface area contributed by atoms with Gasteiger partial charge >= 0.3 is 0 Å². The Labute approximate surface area is 139 Å². The minimum Gasteiger partial charge on any atom is -0.380 e. The molecule has 0 aliphatic rings. The molecule has 0 aliphatic carbocycles. The minimum absolute atomic E-state index is 0.564. The molecule has 0 unspecified atom stereocenters. The molecule has 0 radical (unpaired) electrons. The lowest BCUT2D eigenvalue weighted by Gasteiger charge is -2.11. The third-order valence-corrected chi connectivity index (χ3v) is 3.73. The van der Waals surface area contributed by atoms with E-state index < -0.39 is 5.91 Å². The van der Waals surface area contributed by atoms with Crippen LogP contribution in [0.5, 0.6) is 0 Å². The number of nitrogens with zero attached hydrogens (tertiary/aromatic N) is 1. The Hall–Kier alpha value is -3.18. The van der Waals surface area contributed by atoms with Gasteiger partial charge in [-0.05, 0) is 34.7 Å². The molecule has 0 saturated heterocycles. The van der Waals surface area contributed by atoms with Gasteiger partial charge in [0.15, 0.2) is 0 Å². The molecule has 5 nitrogen and oxygen atoms in total. The zero-order chi connectivity index (χ0) is 16.8. The van der Waals surface area contributed by atoms with Crippen molar-refractivity contribution < 1.29 is 10.0 Å². The molecule has 1 amide bonds. The highest BCUT2D eigenvalue weighted by Crippen LogP contribution is 2.21. The SMILES string of the molecule is O=C(/C=C/c1ccccc1NCc1cccc2cnccc12)NO. The molecule has 0 aliphatic heterocycles. The summed E-state index contributed by atoms with van der Waals surface area (Å²) in [6, 6.07) is 15.8. The number of fused-ring (bicyclic) bond motifs is 1. The van der Waals surface area contributed by atoms with E-state index in [9.17, 15) is 4.79 Å². The maximum absolute atomic E-state index is 11.1. The van der Waals surface area contributed by atoms with Gasteiger partial charge in [-0.1, -0.05) is 36.4 Å². The van der Waals surface area contributed by atoms with Crippen LogP contribution >= 0.6 is 0 Å². The van der Waals surface area contributed by atoms with Crippen molar-refractivity contribution in [1.82, 2.24) is 10.5 Å². The number of carbonyl (C=O) groups excluding carboxylic acids is 1. The van der Waals surface area contributed by atoms with Crippen molar-refractivity contribution in [2.75, 3.05) is 5.32 Å². The van der Waals surface area contributed by atoms with Crippen molar-refractivity contribution >= 4 is 28.4 Å². The zero-order valence-electron chi connectivity index (χ0n) is 12.9. The highest BCUT2D eigenvalue weighted by atomic mass is 16.5. The number of carbonyl (C=O) groups is 1. The van der Waals surface area contributed by atoms with Crippen molar-refractivity contribution in [3.05, 3.63) is 78.1 Å². The molecule has 0 atom stereocenters. The molecule has 1 aromatic heterocycles. The third-order valence-electron chi connectivity index (χ3n) is 3.73. The van der Waals surface area contributed by atoms with Crippen LogP contribution in [-0.2, 0) is 11.3 Å². The molecule has 3 aromatic rings. The van der Waals surface area contributed by atoms with Gasteiger partial charge in [0.2, 0.25) is 0 Å². The molecular weight excluding hydrogens is 302 g/mol. The molecule has 0 bridgehead atoms. The van der Waals surface area contributed by atoms with Crippen LogP contribution in [0.2, 0.25) is 0 Å². The fraction of sp³-hybridized carbons (Fsp3) is 0.0526. The van der Waals surface area contributed by atoms with Crippen LogP contribution in [0.4, 0.5) is 5.69 Å². The number of rotatable bonds is 5. The number of pyridine rings is 1. The van der Waals surface area contributed by atoms with Gasteiger partial charge in [-0.2, -0.15) is 0 Å². The van der Waals surface area contributed by atoms with E-state index in [0.29, 0.717) is 6.54 Å². The van der Waals surface area contributed by atoms with E-state index in [-0.39, 0.29) is 0 Å². The number of para-hydroxylation sites is 1. The predicted molar refractivity (Wildman–Crippen MR) is 94.5 cm³/mol. The van der Waals surface area contributed by atoms with Crippen LogP contribution in [0.1, 0.15) is 11.1 Å². The first-order valence-corrected chi connectivity index (χ1v) is 7.54. The molecule has 3 rings (SSSR count). The number of aromatic nitrogens is 1. The number of nitrogens with one attached hydrogen (secondary N) is 2. The lowest BCUT2D eigenvalue weighted by molar-refractivity contribution is -0.124. The van der Waals surface area contributed by atoms with Crippen LogP contribution in [0.15, 0.2) is 67.0 Å². The van der Waals surface area contributed by atoms with Crippen LogP contribution < -0.4 is 10.8 Å². The monoisotopic (exact) mass is 319 g/mol. The summed E-state index contributed by atoms with van der Waals surface area (Å²) < 4.78 is 0. The van der Waals surface area contributed by atoms with Gasteiger partial charge in [0.05, 0.1) is 0 Å². The van der Waals surface area contributed by atoms with Crippen molar-refractivity contribution in [2.24, 2.45) is 0 Å².